The van der Waals surface area contributed by atoms with Crippen LogP contribution in [-0.2, 0) is 4.43 Å². The standard InChI is InChI=1S/C17H24F3N3O3Si/c1-16(2,3)27(4,5)24-10-13(21)15-22-14(23-26-15)11-6-8-12(9-7-11)25-17(18,19)20/h6-9,13H,10,21H2,1-5H3/t13-/m0/s1. The Morgan fingerprint density at radius 3 is 2.26 bits per heavy atom. The van der Waals surface area contributed by atoms with Crippen molar-refractivity contribution in [3.8, 4) is 17.1 Å². The maximum atomic E-state index is 12.2. The first-order chi connectivity index (χ1) is 12.3. The smallest absolute Gasteiger partial charge is 0.415 e. The molecule has 1 aromatic carbocycles. The molecule has 27 heavy (non-hydrogen) atoms. The molecule has 1 aromatic heterocycles. The van der Waals surface area contributed by atoms with Gasteiger partial charge in [0.15, 0.2) is 8.32 Å². The number of alkyl halides is 3. The van der Waals surface area contributed by atoms with Crippen molar-refractivity contribution < 1.29 is 26.9 Å². The van der Waals surface area contributed by atoms with Gasteiger partial charge in [-0.25, -0.2) is 0 Å². The van der Waals surface area contributed by atoms with Gasteiger partial charge in [0, 0.05) is 5.56 Å². The number of ether oxygens (including phenoxy) is 1. The van der Waals surface area contributed by atoms with E-state index in [1.54, 1.807) is 0 Å². The van der Waals surface area contributed by atoms with Crippen LogP contribution in [0.1, 0.15) is 32.7 Å². The molecule has 0 aliphatic heterocycles. The molecule has 0 fully saturated rings. The number of hydrogen-bond donors (Lipinski definition) is 1. The Morgan fingerprint density at radius 1 is 1.15 bits per heavy atom. The SMILES string of the molecule is CC(C)(C)[Si](C)(C)OC[C@H](N)c1nc(-c2ccc(OC(F)(F)F)cc2)no1. The summed E-state index contributed by atoms with van der Waals surface area (Å²) in [5, 5.41) is 3.88. The Bertz CT molecular complexity index is 755. The van der Waals surface area contributed by atoms with Gasteiger partial charge in [0.2, 0.25) is 11.7 Å². The summed E-state index contributed by atoms with van der Waals surface area (Å²) in [5.74, 6) is 0.111. The van der Waals surface area contributed by atoms with Gasteiger partial charge in [-0.15, -0.1) is 13.2 Å². The molecule has 1 atom stereocenters. The van der Waals surface area contributed by atoms with Crippen molar-refractivity contribution in [1.29, 1.82) is 0 Å². The van der Waals surface area contributed by atoms with E-state index in [4.69, 9.17) is 14.7 Å². The van der Waals surface area contributed by atoms with Crippen LogP contribution in [0.25, 0.3) is 11.4 Å². The van der Waals surface area contributed by atoms with Gasteiger partial charge >= 0.3 is 6.36 Å². The van der Waals surface area contributed by atoms with Gasteiger partial charge in [0.1, 0.15) is 11.8 Å². The molecular weight excluding hydrogens is 379 g/mol. The first kappa shape index (κ1) is 21.4. The topological polar surface area (TPSA) is 83.4 Å². The highest BCUT2D eigenvalue weighted by Gasteiger charge is 2.37. The van der Waals surface area contributed by atoms with Crippen LogP contribution >= 0.6 is 0 Å². The lowest BCUT2D eigenvalue weighted by Crippen LogP contribution is -2.42. The number of halogens is 3. The summed E-state index contributed by atoms with van der Waals surface area (Å²) < 4.78 is 51.7. The molecule has 150 valence electrons. The summed E-state index contributed by atoms with van der Waals surface area (Å²) in [4.78, 5) is 4.22. The molecule has 6 nitrogen and oxygen atoms in total. The van der Waals surface area contributed by atoms with Crippen LogP contribution in [-0.4, -0.2) is 31.4 Å². The molecule has 2 N–H and O–H groups in total. The predicted octanol–water partition coefficient (Wildman–Crippen LogP) is 4.66. The van der Waals surface area contributed by atoms with Crippen LogP contribution in [0.15, 0.2) is 28.8 Å². The van der Waals surface area contributed by atoms with E-state index in [2.05, 4.69) is 48.7 Å². The molecule has 0 aliphatic rings. The summed E-state index contributed by atoms with van der Waals surface area (Å²) in [5.41, 5.74) is 6.57. The van der Waals surface area contributed by atoms with Crippen LogP contribution in [0.5, 0.6) is 5.75 Å². The molecular formula is C17H24F3N3O3Si. The van der Waals surface area contributed by atoms with Gasteiger partial charge in [-0.3, -0.25) is 0 Å². The van der Waals surface area contributed by atoms with Gasteiger partial charge in [-0.05, 0) is 42.4 Å². The zero-order valence-corrected chi connectivity index (χ0v) is 16.9. The van der Waals surface area contributed by atoms with Crippen molar-refractivity contribution in [3.63, 3.8) is 0 Å². The minimum atomic E-state index is -4.74. The highest BCUT2D eigenvalue weighted by Crippen LogP contribution is 2.37. The lowest BCUT2D eigenvalue weighted by molar-refractivity contribution is -0.274. The number of aromatic nitrogens is 2. The third-order valence-electron chi connectivity index (χ3n) is 4.53. The maximum Gasteiger partial charge on any atom is 0.573 e. The van der Waals surface area contributed by atoms with Gasteiger partial charge in [0.25, 0.3) is 0 Å². The Hall–Kier alpha value is -1.91. The molecule has 1 heterocycles. The van der Waals surface area contributed by atoms with Crippen LogP contribution in [0, 0.1) is 0 Å². The number of rotatable bonds is 6. The lowest BCUT2D eigenvalue weighted by Gasteiger charge is -2.36. The van der Waals surface area contributed by atoms with Crippen molar-refractivity contribution in [3.05, 3.63) is 30.2 Å². The second-order valence-electron chi connectivity index (χ2n) is 7.71. The molecule has 0 aliphatic carbocycles. The molecule has 0 spiro atoms. The van der Waals surface area contributed by atoms with Gasteiger partial charge < -0.3 is 19.4 Å². The molecule has 0 saturated carbocycles. The van der Waals surface area contributed by atoms with Gasteiger partial charge in [-0.2, -0.15) is 4.98 Å². The average Bonchev–Trinajstić information content (AvgIpc) is 3.01. The Balaban J connectivity index is 2.03. The quantitative estimate of drug-likeness (QED) is 0.707. The second kappa shape index (κ2) is 7.61. The molecule has 0 unspecified atom stereocenters. The molecule has 2 aromatic rings. The molecule has 0 amide bonds. The van der Waals surface area contributed by atoms with Crippen molar-refractivity contribution in [2.75, 3.05) is 6.61 Å². The first-order valence-corrected chi connectivity index (χ1v) is 11.3. The van der Waals surface area contributed by atoms with Crippen molar-refractivity contribution in [2.45, 2.75) is 51.3 Å². The van der Waals surface area contributed by atoms with Crippen LogP contribution in [0.3, 0.4) is 0 Å². The van der Waals surface area contributed by atoms with E-state index in [0.29, 0.717) is 5.56 Å². The fourth-order valence-corrected chi connectivity index (χ4v) is 2.92. The zero-order chi connectivity index (χ0) is 20.5. The molecule has 0 saturated heterocycles. The fraction of sp³-hybridized carbons (Fsp3) is 0.529. The Kier molecular flexibility index (Phi) is 6.02. The van der Waals surface area contributed by atoms with Crippen LogP contribution in [0.2, 0.25) is 18.1 Å². The molecule has 2 rings (SSSR count). The second-order valence-corrected chi connectivity index (χ2v) is 12.5. The summed E-state index contributed by atoms with van der Waals surface area (Å²) >= 11 is 0. The number of nitrogens with two attached hydrogens (primary N) is 1. The monoisotopic (exact) mass is 403 g/mol. The average molecular weight is 403 g/mol. The number of hydrogen-bond acceptors (Lipinski definition) is 6. The molecule has 0 bridgehead atoms. The molecule has 0 radical (unpaired) electrons. The summed E-state index contributed by atoms with van der Waals surface area (Å²) in [7, 11) is -1.96. The Morgan fingerprint density at radius 2 is 1.74 bits per heavy atom. The van der Waals surface area contributed by atoms with Crippen molar-refractivity contribution in [1.82, 2.24) is 10.1 Å². The Labute approximate surface area is 157 Å². The van der Waals surface area contributed by atoms with Crippen LogP contribution in [0.4, 0.5) is 13.2 Å². The third-order valence-corrected chi connectivity index (χ3v) is 9.04. The maximum absolute atomic E-state index is 12.2. The normalized spacial score (nSPS) is 14.3. The van der Waals surface area contributed by atoms with Crippen LogP contribution < -0.4 is 10.5 Å². The van der Waals surface area contributed by atoms with E-state index >= 15 is 0 Å². The first-order valence-electron chi connectivity index (χ1n) is 8.38. The summed E-state index contributed by atoms with van der Waals surface area (Å²) in [6.45, 7) is 10.9. The highest BCUT2D eigenvalue weighted by molar-refractivity contribution is 6.74. The van der Waals surface area contributed by atoms with E-state index in [0.717, 1.165) is 0 Å². The van der Waals surface area contributed by atoms with Gasteiger partial charge in [-0.1, -0.05) is 25.9 Å². The highest BCUT2D eigenvalue weighted by atomic mass is 28.4. The number of benzene rings is 1. The van der Waals surface area contributed by atoms with E-state index in [1.807, 2.05) is 0 Å². The zero-order valence-electron chi connectivity index (χ0n) is 15.9. The largest absolute Gasteiger partial charge is 0.573 e. The van der Waals surface area contributed by atoms with E-state index in [1.165, 1.54) is 24.3 Å². The van der Waals surface area contributed by atoms with Gasteiger partial charge in [0.05, 0.1) is 6.61 Å². The lowest BCUT2D eigenvalue weighted by atomic mass is 10.2. The third kappa shape index (κ3) is 5.78. The van der Waals surface area contributed by atoms with E-state index < -0.39 is 20.7 Å². The van der Waals surface area contributed by atoms with Crippen molar-refractivity contribution >= 4 is 8.32 Å². The summed E-state index contributed by atoms with van der Waals surface area (Å²) in [6.07, 6.45) is -4.74. The minimum absolute atomic E-state index is 0.0486. The number of nitrogens with zero attached hydrogens (tertiary/aromatic N) is 2. The minimum Gasteiger partial charge on any atom is -0.415 e. The molecule has 10 heteroatoms. The predicted molar refractivity (Wildman–Crippen MR) is 96.5 cm³/mol. The van der Waals surface area contributed by atoms with E-state index in [9.17, 15) is 13.2 Å². The summed E-state index contributed by atoms with van der Waals surface area (Å²) in [6, 6.07) is 4.59. The van der Waals surface area contributed by atoms with E-state index in [-0.39, 0.29) is 29.1 Å². The fourth-order valence-electron chi connectivity index (χ4n) is 1.89. The van der Waals surface area contributed by atoms with Crippen molar-refractivity contribution in [2.24, 2.45) is 5.73 Å².